The number of hydrogen-bond acceptors (Lipinski definition) is 6. The Hall–Kier alpha value is -3.95. The average Bonchev–Trinajstić information content (AvgIpc) is 3.19. The number of benzene rings is 1. The van der Waals surface area contributed by atoms with Crippen molar-refractivity contribution in [1.29, 1.82) is 0 Å². The van der Waals surface area contributed by atoms with Gasteiger partial charge in [-0.25, -0.2) is 4.98 Å². The highest BCUT2D eigenvalue weighted by Gasteiger charge is 2.22. The number of amides is 3. The molecule has 0 fully saturated rings. The number of nitrogens with one attached hydrogen (secondary N) is 2. The van der Waals surface area contributed by atoms with Crippen LogP contribution in [0, 0.1) is 0 Å². The van der Waals surface area contributed by atoms with Gasteiger partial charge >= 0.3 is 0 Å². The minimum absolute atomic E-state index is 0.115. The summed E-state index contributed by atoms with van der Waals surface area (Å²) in [5, 5.41) is 10.9. The first-order valence-electron chi connectivity index (χ1n) is 11.4. The van der Waals surface area contributed by atoms with E-state index in [0.717, 1.165) is 10.9 Å². The summed E-state index contributed by atoms with van der Waals surface area (Å²) in [6.45, 7) is 1.71. The molecule has 34 heavy (non-hydrogen) atoms. The molecule has 0 radical (unpaired) electrons. The van der Waals surface area contributed by atoms with E-state index in [9.17, 15) is 14.4 Å². The smallest absolute Gasteiger partial charge is 0.275 e. The zero-order valence-electron chi connectivity index (χ0n) is 19.1. The zero-order valence-corrected chi connectivity index (χ0v) is 19.1. The third-order valence-corrected chi connectivity index (χ3v) is 5.64. The molecule has 3 amide bonds. The van der Waals surface area contributed by atoms with E-state index in [0.29, 0.717) is 56.9 Å². The van der Waals surface area contributed by atoms with E-state index in [1.807, 2.05) is 31.3 Å². The Bertz CT molecular complexity index is 1190. The third-order valence-electron chi connectivity index (χ3n) is 5.64. The SMILES string of the molecule is Cn1nc(C(=O)N2CCCNC(=O)c3ncccc3OCCNC(=O)CCC2)c2ccccc21. The Morgan fingerprint density at radius 3 is 2.74 bits per heavy atom. The summed E-state index contributed by atoms with van der Waals surface area (Å²) in [7, 11) is 1.81. The van der Waals surface area contributed by atoms with Crippen molar-refractivity contribution in [3.63, 3.8) is 0 Å². The number of rotatable bonds is 1. The molecule has 3 aromatic rings. The Morgan fingerprint density at radius 1 is 1.03 bits per heavy atom. The van der Waals surface area contributed by atoms with E-state index in [4.69, 9.17) is 4.74 Å². The van der Waals surface area contributed by atoms with Gasteiger partial charge in [-0.3, -0.25) is 19.1 Å². The van der Waals surface area contributed by atoms with Crippen molar-refractivity contribution in [3.05, 3.63) is 54.0 Å². The fourth-order valence-electron chi connectivity index (χ4n) is 3.94. The predicted molar refractivity (Wildman–Crippen MR) is 126 cm³/mol. The summed E-state index contributed by atoms with van der Waals surface area (Å²) in [6, 6.07) is 10.9. The number of hydrogen-bond donors (Lipinski definition) is 2. The second kappa shape index (κ2) is 10.8. The summed E-state index contributed by atoms with van der Waals surface area (Å²) in [4.78, 5) is 44.1. The number of nitrogens with zero attached hydrogens (tertiary/aromatic N) is 4. The molecular weight excluding hydrogens is 436 g/mol. The summed E-state index contributed by atoms with van der Waals surface area (Å²) >= 11 is 0. The van der Waals surface area contributed by atoms with E-state index in [-0.39, 0.29) is 30.0 Å². The molecule has 0 saturated heterocycles. The van der Waals surface area contributed by atoms with Gasteiger partial charge in [-0.05, 0) is 31.0 Å². The molecule has 1 aliphatic heterocycles. The van der Waals surface area contributed by atoms with Gasteiger partial charge in [0.1, 0.15) is 6.61 Å². The van der Waals surface area contributed by atoms with Gasteiger partial charge in [0.05, 0.1) is 12.1 Å². The fourth-order valence-corrected chi connectivity index (χ4v) is 3.94. The zero-order chi connectivity index (χ0) is 23.9. The first-order valence-corrected chi connectivity index (χ1v) is 11.4. The molecule has 10 heteroatoms. The van der Waals surface area contributed by atoms with Crippen LogP contribution in [-0.4, -0.2) is 70.2 Å². The Morgan fingerprint density at radius 2 is 1.85 bits per heavy atom. The molecule has 1 aromatic carbocycles. The van der Waals surface area contributed by atoms with Crippen LogP contribution in [0.2, 0.25) is 0 Å². The predicted octanol–water partition coefficient (Wildman–Crippen LogP) is 1.52. The molecule has 0 unspecified atom stereocenters. The highest BCUT2D eigenvalue weighted by molar-refractivity contribution is 6.04. The molecule has 4 rings (SSSR count). The van der Waals surface area contributed by atoms with Crippen molar-refractivity contribution in [2.75, 3.05) is 32.8 Å². The van der Waals surface area contributed by atoms with Gasteiger partial charge < -0.3 is 20.3 Å². The number of pyridine rings is 1. The number of ether oxygens (including phenoxy) is 1. The molecular formula is C24H28N6O4. The lowest BCUT2D eigenvalue weighted by Gasteiger charge is -2.22. The molecule has 1 aliphatic rings. The van der Waals surface area contributed by atoms with Crippen LogP contribution in [0.1, 0.15) is 40.2 Å². The number of fused-ring (bicyclic) bond motifs is 2. The highest BCUT2D eigenvalue weighted by Crippen LogP contribution is 2.20. The molecule has 0 spiro atoms. The van der Waals surface area contributed by atoms with Crippen LogP contribution >= 0.6 is 0 Å². The van der Waals surface area contributed by atoms with E-state index in [1.165, 1.54) is 6.20 Å². The molecule has 0 atom stereocenters. The molecule has 0 aliphatic carbocycles. The van der Waals surface area contributed by atoms with Gasteiger partial charge in [-0.15, -0.1) is 0 Å². The molecule has 0 saturated carbocycles. The molecule has 178 valence electrons. The first-order chi connectivity index (χ1) is 16.5. The van der Waals surface area contributed by atoms with E-state index < -0.39 is 0 Å². The van der Waals surface area contributed by atoms with E-state index in [1.54, 1.807) is 21.7 Å². The van der Waals surface area contributed by atoms with E-state index in [2.05, 4.69) is 20.7 Å². The maximum atomic E-state index is 13.4. The van der Waals surface area contributed by atoms with Crippen LogP contribution in [0.4, 0.5) is 0 Å². The standard InChI is InChI=1S/C24H28N6O4/c1-29-18-8-3-2-7-17(18)21(28-29)24(33)30-14-5-10-20(31)25-13-16-34-19-9-4-11-26-22(19)23(32)27-12-6-15-30/h2-4,7-9,11H,5-6,10,12-16H2,1H3,(H,25,31)(H,27,32). The molecule has 3 heterocycles. The lowest BCUT2D eigenvalue weighted by molar-refractivity contribution is -0.121. The van der Waals surface area contributed by atoms with Gasteiger partial charge in [0.25, 0.3) is 11.8 Å². The number of carbonyl (C=O) groups is 3. The Labute approximate surface area is 197 Å². The summed E-state index contributed by atoms with van der Waals surface area (Å²) in [5.41, 5.74) is 1.45. The Kier molecular flexibility index (Phi) is 7.36. The minimum Gasteiger partial charge on any atom is -0.489 e. The summed E-state index contributed by atoms with van der Waals surface area (Å²) in [5.74, 6) is -0.291. The van der Waals surface area contributed by atoms with Crippen molar-refractivity contribution in [2.24, 2.45) is 7.05 Å². The van der Waals surface area contributed by atoms with Gasteiger partial charge in [0.15, 0.2) is 17.1 Å². The van der Waals surface area contributed by atoms with Gasteiger partial charge in [-0.2, -0.15) is 5.10 Å². The van der Waals surface area contributed by atoms with Gasteiger partial charge in [-0.1, -0.05) is 18.2 Å². The summed E-state index contributed by atoms with van der Waals surface area (Å²) in [6.07, 6.45) is 2.88. The number of carbonyl (C=O) groups excluding carboxylic acids is 3. The third kappa shape index (κ3) is 5.33. The largest absolute Gasteiger partial charge is 0.489 e. The number of para-hydroxylation sites is 1. The van der Waals surface area contributed by atoms with Crippen molar-refractivity contribution < 1.29 is 19.1 Å². The normalized spacial score (nSPS) is 16.3. The quantitative estimate of drug-likeness (QED) is 0.564. The van der Waals surface area contributed by atoms with Crippen molar-refractivity contribution in [1.82, 2.24) is 30.3 Å². The maximum Gasteiger partial charge on any atom is 0.275 e. The second-order valence-electron chi connectivity index (χ2n) is 8.04. The lowest BCUT2D eigenvalue weighted by atomic mass is 10.1. The number of aromatic nitrogens is 3. The van der Waals surface area contributed by atoms with Crippen molar-refractivity contribution in [2.45, 2.75) is 19.3 Å². The van der Waals surface area contributed by atoms with Crippen LogP contribution in [0.3, 0.4) is 0 Å². The van der Waals surface area contributed by atoms with Crippen LogP contribution in [-0.2, 0) is 11.8 Å². The number of aryl methyl sites for hydroxylation is 1. The minimum atomic E-state index is -0.347. The Balaban J connectivity index is 1.51. The first kappa shape index (κ1) is 23.2. The monoisotopic (exact) mass is 464 g/mol. The van der Waals surface area contributed by atoms with Crippen LogP contribution < -0.4 is 15.4 Å². The fraction of sp³-hybridized carbons (Fsp3) is 0.375. The van der Waals surface area contributed by atoms with Gasteiger partial charge in [0.2, 0.25) is 5.91 Å². The van der Waals surface area contributed by atoms with Gasteiger partial charge in [0, 0.05) is 44.7 Å². The van der Waals surface area contributed by atoms with Crippen LogP contribution in [0.25, 0.3) is 10.9 Å². The van der Waals surface area contributed by atoms with E-state index >= 15 is 0 Å². The molecule has 2 aromatic heterocycles. The maximum absolute atomic E-state index is 13.4. The van der Waals surface area contributed by atoms with Crippen molar-refractivity contribution in [3.8, 4) is 5.75 Å². The molecule has 2 N–H and O–H groups in total. The lowest BCUT2D eigenvalue weighted by Crippen LogP contribution is -2.37. The van der Waals surface area contributed by atoms with Crippen LogP contribution in [0.15, 0.2) is 42.6 Å². The summed E-state index contributed by atoms with van der Waals surface area (Å²) < 4.78 is 7.34. The molecule has 10 nitrogen and oxygen atoms in total. The second-order valence-corrected chi connectivity index (χ2v) is 8.04. The highest BCUT2D eigenvalue weighted by atomic mass is 16.5. The van der Waals surface area contributed by atoms with Crippen molar-refractivity contribution >= 4 is 28.6 Å². The topological polar surface area (TPSA) is 118 Å². The van der Waals surface area contributed by atoms with Crippen LogP contribution in [0.5, 0.6) is 5.75 Å². The molecule has 0 bridgehead atoms. The average molecular weight is 465 g/mol.